The number of likely N-dealkylation sites (tertiary alicyclic amines) is 1. The van der Waals surface area contributed by atoms with Crippen LogP contribution in [0.2, 0.25) is 0 Å². The molecule has 0 spiro atoms. The van der Waals surface area contributed by atoms with Crippen molar-refractivity contribution >= 4 is 22.9 Å². The maximum absolute atomic E-state index is 12.4. The lowest BCUT2D eigenvalue weighted by Crippen LogP contribution is -2.45. The molecule has 1 aliphatic rings. The number of carbonyl (C=O) groups excluding carboxylic acids is 1. The first-order valence-electron chi connectivity index (χ1n) is 8.70. The van der Waals surface area contributed by atoms with Crippen LogP contribution in [0.3, 0.4) is 0 Å². The van der Waals surface area contributed by atoms with Crippen molar-refractivity contribution in [1.82, 2.24) is 9.47 Å². The van der Waals surface area contributed by atoms with Gasteiger partial charge in [-0.05, 0) is 24.5 Å². The second-order valence-electron chi connectivity index (χ2n) is 6.65. The van der Waals surface area contributed by atoms with Gasteiger partial charge in [0, 0.05) is 48.4 Å². The molecule has 0 saturated carbocycles. The van der Waals surface area contributed by atoms with Gasteiger partial charge in [-0.1, -0.05) is 25.1 Å². The fourth-order valence-electron chi connectivity index (χ4n) is 3.28. The van der Waals surface area contributed by atoms with E-state index < -0.39 is 6.10 Å². The van der Waals surface area contributed by atoms with E-state index in [0.29, 0.717) is 26.1 Å². The van der Waals surface area contributed by atoms with Crippen LogP contribution < -0.4 is 0 Å². The third kappa shape index (κ3) is 3.75. The summed E-state index contributed by atoms with van der Waals surface area (Å²) in [5.41, 5.74) is 2.03. The predicted molar refractivity (Wildman–Crippen MR) is 97.6 cm³/mol. The molecular formula is C20H23N3O2. The van der Waals surface area contributed by atoms with Gasteiger partial charge >= 0.3 is 0 Å². The number of aliphatic hydroxyl groups excluding tert-OH is 1. The summed E-state index contributed by atoms with van der Waals surface area (Å²) in [6, 6.07) is 10.2. The summed E-state index contributed by atoms with van der Waals surface area (Å²) in [6.07, 6.45) is 6.23. The Morgan fingerprint density at radius 1 is 1.44 bits per heavy atom. The Morgan fingerprint density at radius 2 is 2.24 bits per heavy atom. The minimum Gasteiger partial charge on any atom is -0.391 e. The Bertz CT molecular complexity index is 831. The van der Waals surface area contributed by atoms with Gasteiger partial charge in [0.2, 0.25) is 5.91 Å². The van der Waals surface area contributed by atoms with Crippen molar-refractivity contribution < 1.29 is 9.90 Å². The fraction of sp³-hybridized carbons (Fsp3) is 0.400. The number of amides is 1. The number of fused-ring (bicyclic) bond motifs is 1. The molecule has 2 atom stereocenters. The van der Waals surface area contributed by atoms with Crippen molar-refractivity contribution in [3.63, 3.8) is 0 Å². The number of aliphatic hydroxyl groups is 1. The number of para-hydroxylation sites is 1. The zero-order chi connectivity index (χ0) is 17.8. The zero-order valence-electron chi connectivity index (χ0n) is 14.4. The third-order valence-electron chi connectivity index (χ3n) is 4.92. The minimum absolute atomic E-state index is 0.0696. The number of aryl methyl sites for hydroxylation is 1. The lowest BCUT2D eigenvalue weighted by Gasteiger charge is -2.33. The van der Waals surface area contributed by atoms with Gasteiger partial charge in [-0.2, -0.15) is 5.26 Å². The fourth-order valence-corrected chi connectivity index (χ4v) is 3.28. The van der Waals surface area contributed by atoms with Gasteiger partial charge in [0.15, 0.2) is 0 Å². The normalized spacial score (nSPS) is 20.9. The van der Waals surface area contributed by atoms with Crippen molar-refractivity contribution in [1.29, 1.82) is 5.26 Å². The van der Waals surface area contributed by atoms with Crippen molar-refractivity contribution in [2.45, 2.75) is 32.4 Å². The van der Waals surface area contributed by atoms with Crippen LogP contribution in [0.15, 0.2) is 36.5 Å². The van der Waals surface area contributed by atoms with E-state index in [1.165, 1.54) is 0 Å². The van der Waals surface area contributed by atoms with Crippen LogP contribution >= 0.6 is 0 Å². The average Bonchev–Trinajstić information content (AvgIpc) is 2.98. The summed E-state index contributed by atoms with van der Waals surface area (Å²) in [5.74, 6) is 0.172. The van der Waals surface area contributed by atoms with Crippen LogP contribution in [0.25, 0.3) is 17.0 Å². The highest BCUT2D eigenvalue weighted by atomic mass is 16.3. The quantitative estimate of drug-likeness (QED) is 0.872. The molecule has 1 amide bonds. The summed E-state index contributed by atoms with van der Waals surface area (Å²) in [5, 5.41) is 19.8. The Labute approximate surface area is 147 Å². The van der Waals surface area contributed by atoms with Crippen LogP contribution in [0, 0.1) is 17.2 Å². The molecule has 1 N–H and O–H groups in total. The highest BCUT2D eigenvalue weighted by Crippen LogP contribution is 2.23. The number of nitrogens with zero attached hydrogens (tertiary/aromatic N) is 3. The molecule has 130 valence electrons. The van der Waals surface area contributed by atoms with E-state index in [-0.39, 0.29) is 11.8 Å². The lowest BCUT2D eigenvalue weighted by molar-refractivity contribution is -0.130. The number of rotatable bonds is 4. The topological polar surface area (TPSA) is 69.3 Å². The minimum atomic E-state index is -0.445. The van der Waals surface area contributed by atoms with E-state index >= 15 is 0 Å². The molecule has 3 rings (SSSR count). The summed E-state index contributed by atoms with van der Waals surface area (Å²) in [6.45, 7) is 3.73. The number of aromatic nitrogens is 1. The largest absolute Gasteiger partial charge is 0.391 e. The van der Waals surface area contributed by atoms with Crippen molar-refractivity contribution in [3.8, 4) is 6.07 Å². The first-order chi connectivity index (χ1) is 12.1. The third-order valence-corrected chi connectivity index (χ3v) is 4.92. The predicted octanol–water partition coefficient (Wildman–Crippen LogP) is 2.80. The van der Waals surface area contributed by atoms with E-state index in [4.69, 9.17) is 5.26 Å². The monoisotopic (exact) mass is 337 g/mol. The number of carbonyl (C=O) groups is 1. The molecule has 2 aromatic rings. The van der Waals surface area contributed by atoms with E-state index in [0.717, 1.165) is 22.9 Å². The molecule has 2 unspecified atom stereocenters. The van der Waals surface area contributed by atoms with Crippen LogP contribution in [0.1, 0.15) is 25.3 Å². The Kier molecular flexibility index (Phi) is 5.20. The number of hydrogen-bond donors (Lipinski definition) is 1. The molecule has 5 nitrogen and oxygen atoms in total. The smallest absolute Gasteiger partial charge is 0.246 e. The second kappa shape index (κ2) is 7.54. The number of hydrogen-bond acceptors (Lipinski definition) is 3. The molecule has 5 heteroatoms. The Hall–Kier alpha value is -2.58. The number of nitriles is 1. The molecular weight excluding hydrogens is 314 g/mol. The summed E-state index contributed by atoms with van der Waals surface area (Å²) >= 11 is 0. The van der Waals surface area contributed by atoms with E-state index in [1.54, 1.807) is 11.0 Å². The number of piperidine rings is 1. The average molecular weight is 337 g/mol. The summed E-state index contributed by atoms with van der Waals surface area (Å²) in [4.78, 5) is 14.1. The molecule has 1 fully saturated rings. The molecule has 1 aromatic carbocycles. The molecule has 0 bridgehead atoms. The van der Waals surface area contributed by atoms with Crippen LogP contribution in [0.4, 0.5) is 0 Å². The lowest BCUT2D eigenvalue weighted by atomic mass is 9.96. The van der Waals surface area contributed by atoms with Crippen LogP contribution in [-0.4, -0.2) is 39.7 Å². The van der Waals surface area contributed by atoms with Gasteiger partial charge in [0.05, 0.1) is 18.6 Å². The molecule has 25 heavy (non-hydrogen) atoms. The van der Waals surface area contributed by atoms with E-state index in [1.807, 2.05) is 43.5 Å². The molecule has 1 aliphatic heterocycles. The SMILES string of the molecule is CC1CCN(C(=O)/C=C/c2cn(CCC#N)c3ccccc23)CC1O. The van der Waals surface area contributed by atoms with Gasteiger partial charge < -0.3 is 14.6 Å². The van der Waals surface area contributed by atoms with Gasteiger partial charge in [-0.25, -0.2) is 0 Å². The molecule has 0 radical (unpaired) electrons. The highest BCUT2D eigenvalue weighted by Gasteiger charge is 2.26. The van der Waals surface area contributed by atoms with E-state index in [2.05, 4.69) is 10.6 Å². The first-order valence-corrected chi connectivity index (χ1v) is 8.70. The van der Waals surface area contributed by atoms with Gasteiger partial charge in [0.25, 0.3) is 0 Å². The molecule has 1 saturated heterocycles. The van der Waals surface area contributed by atoms with Gasteiger partial charge in [-0.3, -0.25) is 4.79 Å². The van der Waals surface area contributed by atoms with Gasteiger partial charge in [0.1, 0.15) is 0 Å². The van der Waals surface area contributed by atoms with Gasteiger partial charge in [-0.15, -0.1) is 0 Å². The highest BCUT2D eigenvalue weighted by molar-refractivity contribution is 5.96. The van der Waals surface area contributed by atoms with E-state index in [9.17, 15) is 9.90 Å². The first kappa shape index (κ1) is 17.2. The maximum atomic E-state index is 12.4. The number of β-amino-alcohol motifs (C(OH)–C–C–N with tert-alkyl or cyclic N) is 1. The molecule has 0 aliphatic carbocycles. The Morgan fingerprint density at radius 3 is 3.00 bits per heavy atom. The van der Waals surface area contributed by atoms with Crippen molar-refractivity contribution in [3.05, 3.63) is 42.1 Å². The summed E-state index contributed by atoms with van der Waals surface area (Å²) in [7, 11) is 0. The standard InChI is InChI=1S/C20H23N3O2/c1-15-9-12-23(14-19(15)24)20(25)8-7-16-13-22(11-4-10-21)18-6-3-2-5-17(16)18/h2-3,5-8,13,15,19,24H,4,9,11-12,14H2,1H3/b8-7+. The maximum Gasteiger partial charge on any atom is 0.246 e. The van der Waals surface area contributed by atoms with Crippen LogP contribution in [0.5, 0.6) is 0 Å². The second-order valence-corrected chi connectivity index (χ2v) is 6.65. The van der Waals surface area contributed by atoms with Crippen molar-refractivity contribution in [2.75, 3.05) is 13.1 Å². The molecule has 1 aromatic heterocycles. The zero-order valence-corrected chi connectivity index (χ0v) is 14.4. The van der Waals surface area contributed by atoms with Crippen LogP contribution in [-0.2, 0) is 11.3 Å². The molecule has 2 heterocycles. The summed E-state index contributed by atoms with van der Waals surface area (Å²) < 4.78 is 2.05. The van der Waals surface area contributed by atoms with Crippen molar-refractivity contribution in [2.24, 2.45) is 5.92 Å². The Balaban J connectivity index is 1.79. The number of benzene rings is 1.